The second-order valence-electron chi connectivity index (χ2n) is 6.99. The molecule has 156 valence electrons. The molecule has 0 bridgehead atoms. The van der Waals surface area contributed by atoms with Crippen LogP contribution in [0.5, 0.6) is 0 Å². The van der Waals surface area contributed by atoms with E-state index < -0.39 is 17.3 Å². The van der Waals surface area contributed by atoms with Gasteiger partial charge in [-0.2, -0.15) is 9.78 Å². The molecular formula is C24H16FN5O2. The van der Waals surface area contributed by atoms with Crippen LogP contribution in [0.2, 0.25) is 0 Å². The number of carbonyl (C=O) groups excluding carboxylic acids is 1. The fourth-order valence-electron chi connectivity index (χ4n) is 3.41. The third kappa shape index (κ3) is 3.54. The number of imidazole rings is 1. The maximum absolute atomic E-state index is 13.2. The van der Waals surface area contributed by atoms with Crippen molar-refractivity contribution in [1.82, 2.24) is 19.3 Å². The molecule has 5 aromatic rings. The molecule has 3 aromatic carbocycles. The number of carbonyl (C=O) groups is 1. The van der Waals surface area contributed by atoms with Crippen LogP contribution in [-0.4, -0.2) is 25.2 Å². The Morgan fingerprint density at radius 2 is 1.53 bits per heavy atom. The summed E-state index contributed by atoms with van der Waals surface area (Å²) >= 11 is 0. The number of hydrogen-bond acceptors (Lipinski definition) is 4. The van der Waals surface area contributed by atoms with E-state index in [0.29, 0.717) is 11.6 Å². The first kappa shape index (κ1) is 19.4. The summed E-state index contributed by atoms with van der Waals surface area (Å²) in [5.41, 5.74) is 2.31. The summed E-state index contributed by atoms with van der Waals surface area (Å²) < 4.78 is 16.1. The van der Waals surface area contributed by atoms with Crippen LogP contribution in [0.1, 0.15) is 10.5 Å². The fraction of sp³-hybridized carbons (Fsp3) is 0. The zero-order valence-electron chi connectivity index (χ0n) is 16.6. The van der Waals surface area contributed by atoms with Gasteiger partial charge in [-0.05, 0) is 54.6 Å². The number of anilines is 1. The molecule has 0 atom stereocenters. The fourth-order valence-corrected chi connectivity index (χ4v) is 3.41. The molecule has 0 radical (unpaired) electrons. The summed E-state index contributed by atoms with van der Waals surface area (Å²) in [6, 6.07) is 24.9. The topological polar surface area (TPSA) is 81.8 Å². The molecule has 0 aliphatic carbocycles. The Labute approximate surface area is 181 Å². The molecule has 0 saturated carbocycles. The highest BCUT2D eigenvalue weighted by atomic mass is 19.1. The van der Waals surface area contributed by atoms with Crippen molar-refractivity contribution in [3.8, 4) is 11.4 Å². The quantitative estimate of drug-likeness (QED) is 0.473. The zero-order chi connectivity index (χ0) is 22.1. The molecule has 0 aliphatic rings. The number of amides is 1. The molecule has 0 saturated heterocycles. The summed E-state index contributed by atoms with van der Waals surface area (Å²) in [5, 5.41) is 6.95. The SMILES string of the molecule is O=C(Nc1nc2ccccc2n1-c1ccccc1)c1ccc(=O)n(-c2ccc(F)cc2)n1. The minimum Gasteiger partial charge on any atom is -0.290 e. The van der Waals surface area contributed by atoms with Gasteiger partial charge >= 0.3 is 0 Å². The molecule has 7 nitrogen and oxygen atoms in total. The highest BCUT2D eigenvalue weighted by Crippen LogP contribution is 2.24. The molecule has 1 N–H and O–H groups in total. The first-order chi connectivity index (χ1) is 15.6. The molecule has 2 aromatic heterocycles. The van der Waals surface area contributed by atoms with Gasteiger partial charge in [0.05, 0.1) is 16.7 Å². The Bertz CT molecular complexity index is 1490. The number of nitrogens with one attached hydrogen (secondary N) is 1. The molecular weight excluding hydrogens is 409 g/mol. The predicted molar refractivity (Wildman–Crippen MR) is 119 cm³/mol. The van der Waals surface area contributed by atoms with E-state index in [1.807, 2.05) is 59.2 Å². The van der Waals surface area contributed by atoms with Crippen molar-refractivity contribution >= 4 is 22.9 Å². The van der Waals surface area contributed by atoms with Gasteiger partial charge in [-0.1, -0.05) is 30.3 Å². The maximum atomic E-state index is 13.2. The van der Waals surface area contributed by atoms with Gasteiger partial charge in [0, 0.05) is 11.8 Å². The lowest BCUT2D eigenvalue weighted by molar-refractivity contribution is 0.101. The second-order valence-corrected chi connectivity index (χ2v) is 6.99. The van der Waals surface area contributed by atoms with Crippen LogP contribution in [0.25, 0.3) is 22.4 Å². The minimum absolute atomic E-state index is 0.0144. The van der Waals surface area contributed by atoms with Crippen LogP contribution in [-0.2, 0) is 0 Å². The number of hydrogen-bond donors (Lipinski definition) is 1. The van der Waals surface area contributed by atoms with Crippen molar-refractivity contribution in [2.45, 2.75) is 0 Å². The standard InChI is InChI=1S/C24H16FN5O2/c25-16-10-12-18(13-11-16)30-22(31)15-14-20(28-30)23(32)27-24-26-19-8-4-5-9-21(19)29(24)17-6-2-1-3-7-17/h1-15H,(H,26,27,32). The lowest BCUT2D eigenvalue weighted by atomic mass is 10.3. The zero-order valence-corrected chi connectivity index (χ0v) is 16.6. The Kier molecular flexibility index (Phi) is 4.79. The molecule has 0 aliphatic heterocycles. The lowest BCUT2D eigenvalue weighted by Crippen LogP contribution is -2.25. The van der Waals surface area contributed by atoms with Crippen molar-refractivity contribution in [2.75, 3.05) is 5.32 Å². The van der Waals surface area contributed by atoms with Gasteiger partial charge in [0.2, 0.25) is 5.95 Å². The number of nitrogens with zero attached hydrogens (tertiary/aromatic N) is 4. The number of para-hydroxylation sites is 3. The molecule has 1 amide bonds. The molecule has 5 rings (SSSR count). The summed E-state index contributed by atoms with van der Waals surface area (Å²) in [6.07, 6.45) is 0. The van der Waals surface area contributed by atoms with E-state index in [1.54, 1.807) is 0 Å². The van der Waals surface area contributed by atoms with E-state index in [2.05, 4.69) is 15.4 Å². The molecule has 8 heteroatoms. The van der Waals surface area contributed by atoms with E-state index >= 15 is 0 Å². The highest BCUT2D eigenvalue weighted by molar-refractivity contribution is 6.03. The molecule has 0 spiro atoms. The van der Waals surface area contributed by atoms with Crippen LogP contribution in [0.4, 0.5) is 10.3 Å². The molecule has 0 fully saturated rings. The molecule has 2 heterocycles. The van der Waals surface area contributed by atoms with Crippen LogP contribution in [0, 0.1) is 5.82 Å². The van der Waals surface area contributed by atoms with Crippen molar-refractivity contribution < 1.29 is 9.18 Å². The summed E-state index contributed by atoms with van der Waals surface area (Å²) in [7, 11) is 0. The number of fused-ring (bicyclic) bond motifs is 1. The predicted octanol–water partition coefficient (Wildman–Crippen LogP) is 3.96. The second kappa shape index (κ2) is 7.92. The van der Waals surface area contributed by atoms with Crippen LogP contribution >= 0.6 is 0 Å². The lowest BCUT2D eigenvalue weighted by Gasteiger charge is -2.11. The van der Waals surface area contributed by atoms with E-state index in [0.717, 1.165) is 21.4 Å². The first-order valence-electron chi connectivity index (χ1n) is 9.81. The van der Waals surface area contributed by atoms with Gasteiger partial charge in [-0.15, -0.1) is 0 Å². The normalized spacial score (nSPS) is 10.9. The summed E-state index contributed by atoms with van der Waals surface area (Å²) in [4.78, 5) is 29.8. The van der Waals surface area contributed by atoms with Crippen LogP contribution < -0.4 is 10.9 Å². The van der Waals surface area contributed by atoms with Gasteiger partial charge < -0.3 is 0 Å². The van der Waals surface area contributed by atoms with Gasteiger partial charge in [0.1, 0.15) is 11.5 Å². The maximum Gasteiger partial charge on any atom is 0.278 e. The van der Waals surface area contributed by atoms with E-state index in [-0.39, 0.29) is 5.69 Å². The van der Waals surface area contributed by atoms with Crippen LogP contribution in [0.3, 0.4) is 0 Å². The van der Waals surface area contributed by atoms with E-state index in [9.17, 15) is 14.0 Å². The van der Waals surface area contributed by atoms with Gasteiger partial charge in [0.15, 0.2) is 0 Å². The Morgan fingerprint density at radius 3 is 2.31 bits per heavy atom. The smallest absolute Gasteiger partial charge is 0.278 e. The van der Waals surface area contributed by atoms with Crippen molar-refractivity contribution in [3.63, 3.8) is 0 Å². The van der Waals surface area contributed by atoms with Crippen molar-refractivity contribution in [3.05, 3.63) is 113 Å². The largest absolute Gasteiger partial charge is 0.290 e. The van der Waals surface area contributed by atoms with Crippen LogP contribution in [0.15, 0.2) is 95.8 Å². The molecule has 0 unspecified atom stereocenters. The van der Waals surface area contributed by atoms with Gasteiger partial charge in [-0.3, -0.25) is 19.5 Å². The number of aromatic nitrogens is 4. The third-order valence-corrected chi connectivity index (χ3v) is 4.90. The third-order valence-electron chi connectivity index (χ3n) is 4.90. The van der Waals surface area contributed by atoms with Gasteiger partial charge in [-0.25, -0.2) is 9.37 Å². The summed E-state index contributed by atoms with van der Waals surface area (Å²) in [6.45, 7) is 0. The van der Waals surface area contributed by atoms with E-state index in [4.69, 9.17) is 0 Å². The summed E-state index contributed by atoms with van der Waals surface area (Å²) in [5.74, 6) is -0.646. The Hall–Kier alpha value is -4.59. The average Bonchev–Trinajstić information content (AvgIpc) is 3.18. The first-order valence-corrected chi connectivity index (χ1v) is 9.81. The Morgan fingerprint density at radius 1 is 0.812 bits per heavy atom. The number of halogens is 1. The van der Waals surface area contributed by atoms with Gasteiger partial charge in [0.25, 0.3) is 11.5 Å². The number of benzene rings is 3. The van der Waals surface area contributed by atoms with Crippen molar-refractivity contribution in [1.29, 1.82) is 0 Å². The minimum atomic E-state index is -0.534. The Balaban J connectivity index is 1.54. The average molecular weight is 425 g/mol. The van der Waals surface area contributed by atoms with E-state index in [1.165, 1.54) is 36.4 Å². The number of rotatable bonds is 4. The molecule has 32 heavy (non-hydrogen) atoms. The van der Waals surface area contributed by atoms with Crippen molar-refractivity contribution in [2.24, 2.45) is 0 Å². The highest BCUT2D eigenvalue weighted by Gasteiger charge is 2.17. The monoisotopic (exact) mass is 425 g/mol.